The Bertz CT molecular complexity index is 961. The maximum atomic E-state index is 13.1. The standard InChI is InChI=1S/C21H21F2N3O4/c1-24-20(28)14-4-2-13(3-5-14)11-26(16-7-8-16)12-19(27)25-15-6-9-17-18(10-15)30-21(22,23)29-17/h2-6,9-10,16H,7-8,11-12H2,1H3,(H,24,28)(H,25,27). The van der Waals surface area contributed by atoms with Gasteiger partial charge >= 0.3 is 6.29 Å². The van der Waals surface area contributed by atoms with Gasteiger partial charge in [0, 0.05) is 37.0 Å². The number of rotatable bonds is 7. The van der Waals surface area contributed by atoms with E-state index in [9.17, 15) is 18.4 Å². The van der Waals surface area contributed by atoms with Crippen LogP contribution >= 0.6 is 0 Å². The molecule has 1 saturated carbocycles. The van der Waals surface area contributed by atoms with Gasteiger partial charge in [0.1, 0.15) is 0 Å². The molecule has 0 atom stereocenters. The molecule has 1 aliphatic heterocycles. The maximum Gasteiger partial charge on any atom is 0.586 e. The van der Waals surface area contributed by atoms with Crippen LogP contribution in [0.4, 0.5) is 14.5 Å². The normalized spacial score (nSPS) is 16.4. The average molecular weight is 417 g/mol. The molecule has 0 radical (unpaired) electrons. The van der Waals surface area contributed by atoms with Crippen molar-refractivity contribution in [2.24, 2.45) is 0 Å². The number of hydrogen-bond acceptors (Lipinski definition) is 5. The second-order valence-electron chi connectivity index (χ2n) is 7.29. The first-order valence-electron chi connectivity index (χ1n) is 9.58. The molecule has 1 heterocycles. The van der Waals surface area contributed by atoms with Crippen LogP contribution in [0.25, 0.3) is 0 Å². The number of halogens is 2. The van der Waals surface area contributed by atoms with Crippen molar-refractivity contribution in [1.29, 1.82) is 0 Å². The van der Waals surface area contributed by atoms with E-state index >= 15 is 0 Å². The van der Waals surface area contributed by atoms with Crippen LogP contribution < -0.4 is 20.1 Å². The molecular weight excluding hydrogens is 396 g/mol. The number of carbonyl (C=O) groups is 2. The predicted octanol–water partition coefficient (Wildman–Crippen LogP) is 2.97. The van der Waals surface area contributed by atoms with Crippen molar-refractivity contribution in [1.82, 2.24) is 10.2 Å². The summed E-state index contributed by atoms with van der Waals surface area (Å²) in [6.45, 7) is 0.728. The SMILES string of the molecule is CNC(=O)c1ccc(CN(CC(=O)Nc2ccc3c(c2)OC(F)(F)O3)C2CC2)cc1. The van der Waals surface area contributed by atoms with Gasteiger partial charge in [0.05, 0.1) is 6.54 Å². The molecule has 9 heteroatoms. The molecule has 2 aromatic carbocycles. The van der Waals surface area contributed by atoms with Crippen molar-refractivity contribution in [2.75, 3.05) is 18.9 Å². The van der Waals surface area contributed by atoms with Crippen molar-refractivity contribution in [3.63, 3.8) is 0 Å². The largest absolute Gasteiger partial charge is 0.586 e. The van der Waals surface area contributed by atoms with Crippen molar-refractivity contribution >= 4 is 17.5 Å². The van der Waals surface area contributed by atoms with Gasteiger partial charge in [-0.2, -0.15) is 0 Å². The number of amides is 2. The van der Waals surface area contributed by atoms with Gasteiger partial charge < -0.3 is 20.1 Å². The zero-order chi connectivity index (χ0) is 21.3. The molecule has 2 aliphatic rings. The highest BCUT2D eigenvalue weighted by molar-refractivity contribution is 5.94. The molecule has 0 spiro atoms. The van der Waals surface area contributed by atoms with E-state index in [-0.39, 0.29) is 29.9 Å². The van der Waals surface area contributed by atoms with Crippen LogP contribution in [0.15, 0.2) is 42.5 Å². The van der Waals surface area contributed by atoms with Gasteiger partial charge in [-0.05, 0) is 42.7 Å². The highest BCUT2D eigenvalue weighted by Crippen LogP contribution is 2.42. The lowest BCUT2D eigenvalue weighted by Gasteiger charge is -2.21. The van der Waals surface area contributed by atoms with E-state index in [0.29, 0.717) is 23.8 Å². The van der Waals surface area contributed by atoms with E-state index in [1.165, 1.54) is 18.2 Å². The van der Waals surface area contributed by atoms with E-state index in [2.05, 4.69) is 25.0 Å². The van der Waals surface area contributed by atoms with E-state index in [1.54, 1.807) is 19.2 Å². The summed E-state index contributed by atoms with van der Waals surface area (Å²) in [4.78, 5) is 26.2. The third kappa shape index (κ3) is 4.68. The molecule has 7 nitrogen and oxygen atoms in total. The van der Waals surface area contributed by atoms with Crippen LogP contribution in [-0.4, -0.2) is 42.6 Å². The quantitative estimate of drug-likeness (QED) is 0.724. The Kier molecular flexibility index (Phi) is 5.29. The summed E-state index contributed by atoms with van der Waals surface area (Å²) in [5.41, 5.74) is 1.92. The number of ether oxygens (including phenoxy) is 2. The Balaban J connectivity index is 1.37. The molecule has 1 fully saturated rings. The van der Waals surface area contributed by atoms with Crippen molar-refractivity contribution < 1.29 is 27.8 Å². The van der Waals surface area contributed by atoms with Gasteiger partial charge in [0.2, 0.25) is 5.91 Å². The Morgan fingerprint density at radius 2 is 1.80 bits per heavy atom. The van der Waals surface area contributed by atoms with Gasteiger partial charge in [-0.25, -0.2) is 0 Å². The number of anilines is 1. The molecule has 0 unspecified atom stereocenters. The summed E-state index contributed by atoms with van der Waals surface area (Å²) in [6, 6.07) is 11.7. The smallest absolute Gasteiger partial charge is 0.395 e. The third-order valence-corrected chi connectivity index (χ3v) is 4.92. The lowest BCUT2D eigenvalue weighted by molar-refractivity contribution is -0.286. The van der Waals surface area contributed by atoms with Crippen LogP contribution in [0.1, 0.15) is 28.8 Å². The van der Waals surface area contributed by atoms with Gasteiger partial charge in [0.15, 0.2) is 11.5 Å². The number of hydrogen-bond donors (Lipinski definition) is 2. The van der Waals surface area contributed by atoms with E-state index in [4.69, 9.17) is 0 Å². The number of benzene rings is 2. The van der Waals surface area contributed by atoms with Crippen molar-refractivity contribution in [2.45, 2.75) is 31.7 Å². The van der Waals surface area contributed by atoms with Crippen LogP contribution in [0.2, 0.25) is 0 Å². The van der Waals surface area contributed by atoms with E-state index in [0.717, 1.165) is 18.4 Å². The zero-order valence-corrected chi connectivity index (χ0v) is 16.3. The van der Waals surface area contributed by atoms with Gasteiger partial charge in [-0.1, -0.05) is 12.1 Å². The first-order chi connectivity index (χ1) is 14.3. The predicted molar refractivity (Wildman–Crippen MR) is 105 cm³/mol. The minimum absolute atomic E-state index is 0.0715. The summed E-state index contributed by atoms with van der Waals surface area (Å²) in [5, 5.41) is 5.29. The summed E-state index contributed by atoms with van der Waals surface area (Å²) in [5.74, 6) is -0.596. The van der Waals surface area contributed by atoms with Crippen LogP contribution in [0.5, 0.6) is 11.5 Å². The molecule has 0 saturated heterocycles. The highest BCUT2D eigenvalue weighted by atomic mass is 19.3. The zero-order valence-electron chi connectivity index (χ0n) is 16.3. The molecule has 4 rings (SSSR count). The lowest BCUT2D eigenvalue weighted by Crippen LogP contribution is -2.34. The summed E-state index contributed by atoms with van der Waals surface area (Å²) >= 11 is 0. The average Bonchev–Trinajstić information content (AvgIpc) is 3.50. The van der Waals surface area contributed by atoms with Crippen molar-refractivity contribution in [3.8, 4) is 11.5 Å². The number of carbonyl (C=O) groups excluding carboxylic acids is 2. The van der Waals surface area contributed by atoms with Crippen molar-refractivity contribution in [3.05, 3.63) is 53.6 Å². The Morgan fingerprint density at radius 1 is 1.10 bits per heavy atom. The third-order valence-electron chi connectivity index (χ3n) is 4.92. The number of nitrogens with one attached hydrogen (secondary N) is 2. The molecule has 0 aromatic heterocycles. The van der Waals surface area contributed by atoms with Gasteiger partial charge in [-0.15, -0.1) is 8.78 Å². The number of alkyl halides is 2. The highest BCUT2D eigenvalue weighted by Gasteiger charge is 2.43. The Hall–Kier alpha value is -3.20. The fourth-order valence-electron chi connectivity index (χ4n) is 3.31. The number of nitrogens with zero attached hydrogens (tertiary/aromatic N) is 1. The van der Waals surface area contributed by atoms with Crippen LogP contribution in [0.3, 0.4) is 0 Å². The fourth-order valence-corrected chi connectivity index (χ4v) is 3.31. The van der Waals surface area contributed by atoms with E-state index < -0.39 is 6.29 Å². The van der Waals surface area contributed by atoms with Crippen LogP contribution in [0, 0.1) is 0 Å². The Morgan fingerprint density at radius 3 is 2.47 bits per heavy atom. The minimum Gasteiger partial charge on any atom is -0.395 e. The molecule has 30 heavy (non-hydrogen) atoms. The topological polar surface area (TPSA) is 79.9 Å². The number of fused-ring (bicyclic) bond motifs is 1. The fraction of sp³-hybridized carbons (Fsp3) is 0.333. The monoisotopic (exact) mass is 417 g/mol. The van der Waals surface area contributed by atoms with Crippen LogP contribution in [-0.2, 0) is 11.3 Å². The molecular formula is C21H21F2N3O4. The van der Waals surface area contributed by atoms with Gasteiger partial charge in [-0.3, -0.25) is 14.5 Å². The minimum atomic E-state index is -3.69. The maximum absolute atomic E-state index is 13.1. The molecule has 1 aliphatic carbocycles. The summed E-state index contributed by atoms with van der Waals surface area (Å²) in [6.07, 6.45) is -1.66. The molecule has 158 valence electrons. The molecule has 0 bridgehead atoms. The molecule has 2 amide bonds. The lowest BCUT2D eigenvalue weighted by atomic mass is 10.1. The molecule has 2 aromatic rings. The second-order valence-corrected chi connectivity index (χ2v) is 7.29. The summed E-state index contributed by atoms with van der Waals surface area (Å²) in [7, 11) is 1.58. The summed E-state index contributed by atoms with van der Waals surface area (Å²) < 4.78 is 35.0. The van der Waals surface area contributed by atoms with Gasteiger partial charge in [0.25, 0.3) is 5.91 Å². The second kappa shape index (κ2) is 7.91. The first kappa shape index (κ1) is 20.1. The molecule has 2 N–H and O–H groups in total. The first-order valence-corrected chi connectivity index (χ1v) is 9.58. The Labute approximate surface area is 172 Å². The van der Waals surface area contributed by atoms with E-state index in [1.807, 2.05) is 12.1 Å².